The van der Waals surface area contributed by atoms with Crippen molar-refractivity contribution < 1.29 is 4.79 Å². The highest BCUT2D eigenvalue weighted by atomic mass is 35.5. The van der Waals surface area contributed by atoms with Crippen LogP contribution in [0.2, 0.25) is 5.02 Å². The lowest BCUT2D eigenvalue weighted by atomic mass is 9.83. The average Bonchev–Trinajstić information content (AvgIpc) is 2.44. The van der Waals surface area contributed by atoms with Crippen molar-refractivity contribution in [1.82, 2.24) is 5.32 Å². The van der Waals surface area contributed by atoms with Crippen LogP contribution in [-0.4, -0.2) is 18.5 Å². The van der Waals surface area contributed by atoms with Crippen LogP contribution in [-0.2, 0) is 11.2 Å². The Hall–Kier alpha value is -0.770. The van der Waals surface area contributed by atoms with Gasteiger partial charge in [0.05, 0.1) is 0 Å². The lowest BCUT2D eigenvalue weighted by Gasteiger charge is -2.27. The van der Waals surface area contributed by atoms with Crippen LogP contribution in [0.25, 0.3) is 0 Å². The molecule has 5 heteroatoms. The van der Waals surface area contributed by atoms with E-state index in [9.17, 15) is 4.79 Å². The summed E-state index contributed by atoms with van der Waals surface area (Å²) in [6, 6.07) is 7.93. The van der Waals surface area contributed by atoms with Crippen LogP contribution in [0.15, 0.2) is 24.3 Å². The number of nitrogens with two attached hydrogens (primary N) is 1. The summed E-state index contributed by atoms with van der Waals surface area (Å²) in [6.07, 6.45) is 5.96. The Morgan fingerprint density at radius 2 is 1.90 bits per heavy atom. The molecule has 1 aromatic rings. The Morgan fingerprint density at radius 3 is 2.57 bits per heavy atom. The molecule has 0 radical (unpaired) electrons. The highest BCUT2D eigenvalue weighted by molar-refractivity contribution is 6.30. The summed E-state index contributed by atoms with van der Waals surface area (Å²) in [6.45, 7) is 0.669. The predicted molar refractivity (Wildman–Crippen MR) is 90.0 cm³/mol. The molecule has 118 valence electrons. The van der Waals surface area contributed by atoms with Crippen molar-refractivity contribution in [2.45, 2.75) is 44.6 Å². The minimum atomic E-state index is 0. The van der Waals surface area contributed by atoms with E-state index in [2.05, 4.69) is 5.32 Å². The van der Waals surface area contributed by atoms with Gasteiger partial charge >= 0.3 is 0 Å². The standard InChI is InChI=1S/C16H23ClN2O.ClH/c17-14-7-5-12(6-8-14)9-10-19-16(20)11-13-3-1-2-4-15(13)18;/h5-8,13,15H,1-4,9-11,18H2,(H,19,20);1H. The second-order valence-electron chi connectivity index (χ2n) is 5.64. The lowest BCUT2D eigenvalue weighted by Crippen LogP contribution is -2.37. The number of carbonyl (C=O) groups is 1. The predicted octanol–water partition coefficient (Wildman–Crippen LogP) is 3.33. The summed E-state index contributed by atoms with van der Waals surface area (Å²) in [7, 11) is 0. The van der Waals surface area contributed by atoms with Gasteiger partial charge in [-0.1, -0.05) is 36.6 Å². The number of nitrogens with one attached hydrogen (secondary N) is 1. The van der Waals surface area contributed by atoms with Gasteiger partial charge in [-0.25, -0.2) is 0 Å². The van der Waals surface area contributed by atoms with E-state index in [4.69, 9.17) is 17.3 Å². The van der Waals surface area contributed by atoms with Gasteiger partial charge in [-0.3, -0.25) is 4.79 Å². The van der Waals surface area contributed by atoms with Crippen molar-refractivity contribution in [2.24, 2.45) is 11.7 Å². The Bertz CT molecular complexity index is 436. The fraction of sp³-hybridized carbons (Fsp3) is 0.562. The number of rotatable bonds is 5. The minimum absolute atomic E-state index is 0. The van der Waals surface area contributed by atoms with Crippen LogP contribution in [0.1, 0.15) is 37.7 Å². The smallest absolute Gasteiger partial charge is 0.220 e. The molecular formula is C16H24Cl2N2O. The molecular weight excluding hydrogens is 307 g/mol. The fourth-order valence-electron chi connectivity index (χ4n) is 2.80. The number of amides is 1. The summed E-state index contributed by atoms with van der Waals surface area (Å²) in [5.74, 6) is 0.487. The summed E-state index contributed by atoms with van der Waals surface area (Å²) < 4.78 is 0. The van der Waals surface area contributed by atoms with Crippen molar-refractivity contribution in [1.29, 1.82) is 0 Å². The van der Waals surface area contributed by atoms with Crippen LogP contribution in [0.5, 0.6) is 0 Å². The molecule has 1 aliphatic rings. The number of hydrogen-bond donors (Lipinski definition) is 2. The molecule has 0 spiro atoms. The maximum absolute atomic E-state index is 11.9. The zero-order valence-corrected chi connectivity index (χ0v) is 13.8. The molecule has 21 heavy (non-hydrogen) atoms. The molecule has 2 unspecified atom stereocenters. The summed E-state index contributed by atoms with van der Waals surface area (Å²) in [4.78, 5) is 11.9. The number of halogens is 2. The van der Waals surface area contributed by atoms with E-state index in [-0.39, 0.29) is 24.4 Å². The first-order chi connectivity index (χ1) is 9.65. The van der Waals surface area contributed by atoms with E-state index in [1.807, 2.05) is 24.3 Å². The molecule has 0 heterocycles. The van der Waals surface area contributed by atoms with E-state index >= 15 is 0 Å². The third-order valence-corrected chi connectivity index (χ3v) is 4.32. The Balaban J connectivity index is 0.00000220. The maximum atomic E-state index is 11.9. The molecule has 1 amide bonds. The first kappa shape index (κ1) is 18.3. The molecule has 1 fully saturated rings. The SMILES string of the molecule is Cl.NC1CCCCC1CC(=O)NCCc1ccc(Cl)cc1. The van der Waals surface area contributed by atoms with Gasteiger partial charge in [0.1, 0.15) is 0 Å². The van der Waals surface area contributed by atoms with Crippen molar-refractivity contribution in [3.63, 3.8) is 0 Å². The fourth-order valence-corrected chi connectivity index (χ4v) is 2.92. The monoisotopic (exact) mass is 330 g/mol. The van der Waals surface area contributed by atoms with Crippen LogP contribution in [0.4, 0.5) is 0 Å². The number of benzene rings is 1. The van der Waals surface area contributed by atoms with Gasteiger partial charge < -0.3 is 11.1 Å². The van der Waals surface area contributed by atoms with Gasteiger partial charge in [0.2, 0.25) is 5.91 Å². The Morgan fingerprint density at radius 1 is 1.24 bits per heavy atom. The molecule has 1 aromatic carbocycles. The molecule has 1 saturated carbocycles. The quantitative estimate of drug-likeness (QED) is 0.869. The topological polar surface area (TPSA) is 55.1 Å². The van der Waals surface area contributed by atoms with Gasteiger partial charge in [-0.05, 0) is 42.9 Å². The van der Waals surface area contributed by atoms with Crippen molar-refractivity contribution in [2.75, 3.05) is 6.54 Å². The largest absolute Gasteiger partial charge is 0.356 e. The normalized spacial score (nSPS) is 21.4. The molecule has 0 aromatic heterocycles. The molecule has 3 N–H and O–H groups in total. The van der Waals surface area contributed by atoms with E-state index in [0.29, 0.717) is 18.9 Å². The molecule has 3 nitrogen and oxygen atoms in total. The zero-order valence-electron chi connectivity index (χ0n) is 12.2. The van der Waals surface area contributed by atoms with Gasteiger partial charge in [0, 0.05) is 24.0 Å². The molecule has 0 bridgehead atoms. The third kappa shape index (κ3) is 6.25. The van der Waals surface area contributed by atoms with Gasteiger partial charge in [0.15, 0.2) is 0 Å². The lowest BCUT2D eigenvalue weighted by molar-refractivity contribution is -0.122. The van der Waals surface area contributed by atoms with E-state index in [1.165, 1.54) is 18.4 Å². The van der Waals surface area contributed by atoms with E-state index < -0.39 is 0 Å². The highest BCUT2D eigenvalue weighted by Gasteiger charge is 2.23. The van der Waals surface area contributed by atoms with E-state index in [1.54, 1.807) is 0 Å². The second-order valence-corrected chi connectivity index (χ2v) is 6.08. The molecule has 1 aliphatic carbocycles. The number of carbonyl (C=O) groups excluding carboxylic acids is 1. The first-order valence-corrected chi connectivity index (χ1v) is 7.79. The summed E-state index contributed by atoms with van der Waals surface area (Å²) in [5, 5.41) is 3.73. The third-order valence-electron chi connectivity index (χ3n) is 4.06. The highest BCUT2D eigenvalue weighted by Crippen LogP contribution is 2.25. The molecule has 2 atom stereocenters. The minimum Gasteiger partial charge on any atom is -0.356 e. The second kappa shape index (κ2) is 9.29. The van der Waals surface area contributed by atoms with Gasteiger partial charge in [-0.2, -0.15) is 0 Å². The molecule has 2 rings (SSSR count). The van der Waals surface area contributed by atoms with Crippen molar-refractivity contribution in [3.8, 4) is 0 Å². The summed E-state index contributed by atoms with van der Waals surface area (Å²) in [5.41, 5.74) is 7.25. The zero-order chi connectivity index (χ0) is 14.4. The Kier molecular flexibility index (Phi) is 8.09. The van der Waals surface area contributed by atoms with Crippen molar-refractivity contribution in [3.05, 3.63) is 34.9 Å². The van der Waals surface area contributed by atoms with E-state index in [0.717, 1.165) is 24.3 Å². The van der Waals surface area contributed by atoms with Crippen LogP contribution in [0, 0.1) is 5.92 Å². The number of hydrogen-bond acceptors (Lipinski definition) is 2. The maximum Gasteiger partial charge on any atom is 0.220 e. The van der Waals surface area contributed by atoms with Gasteiger partial charge in [0.25, 0.3) is 0 Å². The molecule has 0 aliphatic heterocycles. The molecule has 0 saturated heterocycles. The first-order valence-electron chi connectivity index (χ1n) is 7.42. The average molecular weight is 331 g/mol. The van der Waals surface area contributed by atoms with Gasteiger partial charge in [-0.15, -0.1) is 12.4 Å². The Labute approximate surface area is 138 Å². The van der Waals surface area contributed by atoms with Crippen molar-refractivity contribution >= 4 is 29.9 Å². The van der Waals surface area contributed by atoms with Crippen LogP contribution < -0.4 is 11.1 Å². The van der Waals surface area contributed by atoms with Crippen LogP contribution in [0.3, 0.4) is 0 Å². The summed E-state index contributed by atoms with van der Waals surface area (Å²) >= 11 is 5.84. The van der Waals surface area contributed by atoms with Crippen LogP contribution >= 0.6 is 24.0 Å².